The van der Waals surface area contributed by atoms with Gasteiger partial charge in [0.2, 0.25) is 0 Å². The van der Waals surface area contributed by atoms with Crippen molar-refractivity contribution in [3.63, 3.8) is 0 Å². The van der Waals surface area contributed by atoms with Crippen molar-refractivity contribution in [2.45, 2.75) is 19.3 Å². The molecule has 0 N–H and O–H groups in total. The Morgan fingerprint density at radius 2 is 0.792 bits per heavy atom. The standard InChI is InChI=1S/C53H36/c1-53(2)49-32-37-14-4-3-13-36(37)31-48(49)47-21-11-20-42(52(47)53)34-22-25-35(26-23-34)50-43-16-7-9-18-45(43)51(46-19-10-8-17-44(46)50)39-28-29-41-38(30-39)27-24-33-12-5-6-15-40(33)41/h3-32H,1-2H3. The third-order valence-electron chi connectivity index (χ3n) is 12.0. The van der Waals surface area contributed by atoms with Crippen LogP contribution < -0.4 is 0 Å². The predicted molar refractivity (Wildman–Crippen MR) is 228 cm³/mol. The van der Waals surface area contributed by atoms with E-state index in [0.717, 1.165) is 0 Å². The van der Waals surface area contributed by atoms with Crippen LogP contribution in [0.5, 0.6) is 0 Å². The second-order valence-electron chi connectivity index (χ2n) is 15.2. The summed E-state index contributed by atoms with van der Waals surface area (Å²) in [7, 11) is 0. The first kappa shape index (κ1) is 30.2. The topological polar surface area (TPSA) is 0 Å². The van der Waals surface area contributed by atoms with Crippen molar-refractivity contribution in [1.29, 1.82) is 0 Å². The summed E-state index contributed by atoms with van der Waals surface area (Å²) in [5.41, 5.74) is 13.1. The second kappa shape index (κ2) is 11.2. The van der Waals surface area contributed by atoms with Gasteiger partial charge in [-0.3, -0.25) is 0 Å². The maximum atomic E-state index is 2.41. The van der Waals surface area contributed by atoms with Gasteiger partial charge in [-0.2, -0.15) is 0 Å². The summed E-state index contributed by atoms with van der Waals surface area (Å²) in [5, 5.41) is 12.8. The van der Waals surface area contributed by atoms with Crippen LogP contribution in [0.3, 0.4) is 0 Å². The molecule has 0 radical (unpaired) electrons. The molecule has 0 nitrogen and oxygen atoms in total. The van der Waals surface area contributed by atoms with Crippen molar-refractivity contribution in [2.24, 2.45) is 0 Å². The van der Waals surface area contributed by atoms with E-state index in [2.05, 4.69) is 196 Å². The molecule has 53 heavy (non-hydrogen) atoms. The van der Waals surface area contributed by atoms with Crippen LogP contribution >= 0.6 is 0 Å². The van der Waals surface area contributed by atoms with Crippen LogP contribution in [-0.4, -0.2) is 0 Å². The molecule has 0 saturated carbocycles. The lowest BCUT2D eigenvalue weighted by molar-refractivity contribution is 0.663. The normalized spacial score (nSPS) is 13.2. The fourth-order valence-electron chi connectivity index (χ4n) is 9.54. The van der Waals surface area contributed by atoms with Crippen molar-refractivity contribution in [3.05, 3.63) is 193 Å². The zero-order valence-electron chi connectivity index (χ0n) is 29.8. The SMILES string of the molecule is CC1(C)c2cc3ccccc3cc2-c2cccc(-c3ccc(-c4c5ccccc5c(-c5ccc6c(ccc7ccccc76)c5)c5ccccc45)cc3)c21. The number of benzene rings is 10. The fraction of sp³-hybridized carbons (Fsp3) is 0.0566. The summed E-state index contributed by atoms with van der Waals surface area (Å²) in [6, 6.07) is 67.9. The summed E-state index contributed by atoms with van der Waals surface area (Å²) in [5.74, 6) is 0. The largest absolute Gasteiger partial charge is 0.0616 e. The Morgan fingerprint density at radius 3 is 1.47 bits per heavy atom. The first-order valence-electron chi connectivity index (χ1n) is 18.7. The van der Waals surface area contributed by atoms with Gasteiger partial charge >= 0.3 is 0 Å². The molecule has 0 bridgehead atoms. The second-order valence-corrected chi connectivity index (χ2v) is 15.2. The van der Waals surface area contributed by atoms with Crippen molar-refractivity contribution in [1.82, 2.24) is 0 Å². The lowest BCUT2D eigenvalue weighted by Crippen LogP contribution is -2.16. The Labute approximate surface area is 309 Å². The van der Waals surface area contributed by atoms with Gasteiger partial charge < -0.3 is 0 Å². The van der Waals surface area contributed by atoms with Gasteiger partial charge in [0.15, 0.2) is 0 Å². The smallest absolute Gasteiger partial charge is 0.0165 e. The summed E-state index contributed by atoms with van der Waals surface area (Å²) in [6.07, 6.45) is 0. The van der Waals surface area contributed by atoms with Gasteiger partial charge in [0.25, 0.3) is 0 Å². The third kappa shape index (κ3) is 4.42. The van der Waals surface area contributed by atoms with Crippen molar-refractivity contribution < 1.29 is 0 Å². The first-order chi connectivity index (χ1) is 26.0. The lowest BCUT2D eigenvalue weighted by Gasteiger charge is -2.25. The maximum Gasteiger partial charge on any atom is 0.0165 e. The number of rotatable bonds is 3. The van der Waals surface area contributed by atoms with Crippen molar-refractivity contribution in [2.75, 3.05) is 0 Å². The molecular weight excluding hydrogens is 637 g/mol. The molecule has 0 aliphatic heterocycles. The highest BCUT2D eigenvalue weighted by atomic mass is 14.4. The van der Waals surface area contributed by atoms with E-state index < -0.39 is 0 Å². The Bertz CT molecular complexity index is 3060. The molecular formula is C53H36. The molecule has 0 unspecified atom stereocenters. The van der Waals surface area contributed by atoms with Crippen LogP contribution in [0, 0.1) is 0 Å². The van der Waals surface area contributed by atoms with Gasteiger partial charge in [0.05, 0.1) is 0 Å². The minimum Gasteiger partial charge on any atom is -0.0616 e. The van der Waals surface area contributed by atoms with Crippen LogP contribution in [-0.2, 0) is 5.41 Å². The monoisotopic (exact) mass is 672 g/mol. The van der Waals surface area contributed by atoms with Gasteiger partial charge in [-0.25, -0.2) is 0 Å². The van der Waals surface area contributed by atoms with Gasteiger partial charge in [0, 0.05) is 5.41 Å². The zero-order chi connectivity index (χ0) is 35.3. The molecule has 0 fully saturated rings. The van der Waals surface area contributed by atoms with Crippen LogP contribution in [0.15, 0.2) is 182 Å². The number of hydrogen-bond acceptors (Lipinski definition) is 0. The van der Waals surface area contributed by atoms with Crippen LogP contribution in [0.4, 0.5) is 0 Å². The predicted octanol–water partition coefficient (Wildman–Crippen LogP) is 14.8. The quantitative estimate of drug-likeness (QED) is 0.129. The van der Waals surface area contributed by atoms with Crippen LogP contribution in [0.1, 0.15) is 25.0 Å². The Morgan fingerprint density at radius 1 is 0.302 bits per heavy atom. The molecule has 10 aromatic rings. The van der Waals surface area contributed by atoms with Crippen LogP contribution in [0.25, 0.3) is 98.4 Å². The van der Waals surface area contributed by atoms with Gasteiger partial charge in [-0.05, 0) is 128 Å². The molecule has 0 atom stereocenters. The minimum atomic E-state index is -0.109. The molecule has 0 amide bonds. The van der Waals surface area contributed by atoms with E-state index in [9.17, 15) is 0 Å². The number of hydrogen-bond donors (Lipinski definition) is 0. The molecule has 11 rings (SSSR count). The highest BCUT2D eigenvalue weighted by Gasteiger charge is 2.37. The summed E-state index contributed by atoms with van der Waals surface area (Å²) in [6.45, 7) is 4.78. The average Bonchev–Trinajstić information content (AvgIpc) is 3.44. The average molecular weight is 673 g/mol. The van der Waals surface area contributed by atoms with Gasteiger partial charge in [-0.1, -0.05) is 178 Å². The summed E-state index contributed by atoms with van der Waals surface area (Å²) < 4.78 is 0. The fourth-order valence-corrected chi connectivity index (χ4v) is 9.54. The molecule has 1 aliphatic rings. The highest BCUT2D eigenvalue weighted by molar-refractivity contribution is 6.22. The zero-order valence-corrected chi connectivity index (χ0v) is 29.8. The van der Waals surface area contributed by atoms with E-state index in [1.807, 2.05) is 0 Å². The Kier molecular flexibility index (Phi) is 6.40. The van der Waals surface area contributed by atoms with Crippen molar-refractivity contribution >= 4 is 53.9 Å². The minimum absolute atomic E-state index is 0.109. The maximum absolute atomic E-state index is 2.41. The molecule has 248 valence electrons. The van der Waals surface area contributed by atoms with E-state index in [1.165, 1.54) is 109 Å². The molecule has 0 spiro atoms. The van der Waals surface area contributed by atoms with E-state index in [-0.39, 0.29) is 5.41 Å². The number of fused-ring (bicyclic) bond motifs is 9. The molecule has 0 heterocycles. The first-order valence-corrected chi connectivity index (χ1v) is 18.7. The van der Waals surface area contributed by atoms with E-state index in [4.69, 9.17) is 0 Å². The molecule has 1 aliphatic carbocycles. The van der Waals surface area contributed by atoms with E-state index in [0.29, 0.717) is 0 Å². The van der Waals surface area contributed by atoms with E-state index in [1.54, 1.807) is 0 Å². The van der Waals surface area contributed by atoms with Gasteiger partial charge in [-0.15, -0.1) is 0 Å². The Balaban J connectivity index is 1.07. The van der Waals surface area contributed by atoms with E-state index >= 15 is 0 Å². The molecule has 0 heteroatoms. The van der Waals surface area contributed by atoms with Gasteiger partial charge in [0.1, 0.15) is 0 Å². The highest BCUT2D eigenvalue weighted by Crippen LogP contribution is 2.53. The summed E-state index contributed by atoms with van der Waals surface area (Å²) >= 11 is 0. The van der Waals surface area contributed by atoms with Crippen molar-refractivity contribution in [3.8, 4) is 44.5 Å². The third-order valence-corrected chi connectivity index (χ3v) is 12.0. The molecule has 0 saturated heterocycles. The molecule has 0 aromatic heterocycles. The Hall–Kier alpha value is -6.50. The lowest BCUT2D eigenvalue weighted by atomic mass is 9.78. The van der Waals surface area contributed by atoms with Crippen LogP contribution in [0.2, 0.25) is 0 Å². The summed E-state index contributed by atoms with van der Waals surface area (Å²) in [4.78, 5) is 0. The molecule has 10 aromatic carbocycles.